The van der Waals surface area contributed by atoms with Crippen LogP contribution < -0.4 is 10.9 Å². The van der Waals surface area contributed by atoms with Crippen LogP contribution >= 0.6 is 0 Å². The maximum atomic E-state index is 14.5. The smallest absolute Gasteiger partial charge is 0.262 e. The number of hydrogen-bond donors (Lipinski definition) is 1. The molecule has 0 atom stereocenters. The largest absolute Gasteiger partial charge is 0.325 e. The molecule has 3 aromatic carbocycles. The lowest BCUT2D eigenvalue weighted by molar-refractivity contribution is -0.116. The van der Waals surface area contributed by atoms with Gasteiger partial charge in [-0.3, -0.25) is 14.2 Å². The van der Waals surface area contributed by atoms with Gasteiger partial charge in [0.1, 0.15) is 18.2 Å². The van der Waals surface area contributed by atoms with Crippen molar-refractivity contribution in [3.05, 3.63) is 94.5 Å². The lowest BCUT2D eigenvalue weighted by Gasteiger charge is -2.14. The van der Waals surface area contributed by atoms with Crippen LogP contribution in [0.15, 0.2) is 77.6 Å². The Morgan fingerprint density at radius 1 is 1.00 bits per heavy atom. The predicted octanol–water partition coefficient (Wildman–Crippen LogP) is 4.15. The van der Waals surface area contributed by atoms with Gasteiger partial charge >= 0.3 is 0 Å². The summed E-state index contributed by atoms with van der Waals surface area (Å²) in [6.07, 6.45) is 0. The monoisotopic (exact) mass is 387 g/mol. The third-order valence-electron chi connectivity index (χ3n) is 4.61. The summed E-state index contributed by atoms with van der Waals surface area (Å²) in [5, 5.41) is 3.14. The van der Waals surface area contributed by atoms with Gasteiger partial charge < -0.3 is 5.32 Å². The minimum atomic E-state index is -0.512. The van der Waals surface area contributed by atoms with Gasteiger partial charge in [0.05, 0.1) is 16.5 Å². The first-order valence-corrected chi connectivity index (χ1v) is 9.14. The molecule has 144 valence electrons. The average Bonchev–Trinajstić information content (AvgIpc) is 2.72. The lowest BCUT2D eigenvalue weighted by Crippen LogP contribution is -2.30. The zero-order valence-electron chi connectivity index (χ0n) is 15.7. The van der Waals surface area contributed by atoms with E-state index in [0.717, 1.165) is 5.56 Å². The molecular formula is C23H18FN3O2. The summed E-state index contributed by atoms with van der Waals surface area (Å²) in [5.41, 5.74) is 1.91. The number of nitrogens with one attached hydrogen (secondary N) is 1. The normalized spacial score (nSPS) is 10.8. The second kappa shape index (κ2) is 7.67. The number of rotatable bonds is 4. The second-order valence-corrected chi connectivity index (χ2v) is 6.74. The van der Waals surface area contributed by atoms with Crippen LogP contribution in [0.3, 0.4) is 0 Å². The van der Waals surface area contributed by atoms with Crippen molar-refractivity contribution in [3.63, 3.8) is 0 Å². The number of aryl methyl sites for hydroxylation is 1. The molecule has 0 aliphatic rings. The van der Waals surface area contributed by atoms with Crippen LogP contribution in [0.5, 0.6) is 0 Å². The number of anilines is 1. The zero-order valence-corrected chi connectivity index (χ0v) is 15.7. The SMILES string of the molecule is Cc1ccc(NC(=O)Cn2c(-c3ccccc3F)nc3ccccc3c2=O)cc1. The van der Waals surface area contributed by atoms with Gasteiger partial charge in [0, 0.05) is 5.69 Å². The number of carbonyl (C=O) groups is 1. The van der Waals surface area contributed by atoms with Crippen LogP contribution in [0, 0.1) is 12.7 Å². The van der Waals surface area contributed by atoms with Crippen molar-refractivity contribution in [2.45, 2.75) is 13.5 Å². The van der Waals surface area contributed by atoms with E-state index < -0.39 is 17.3 Å². The van der Waals surface area contributed by atoms with Gasteiger partial charge in [0.25, 0.3) is 5.56 Å². The highest BCUT2D eigenvalue weighted by molar-refractivity contribution is 5.91. The van der Waals surface area contributed by atoms with E-state index in [2.05, 4.69) is 10.3 Å². The molecule has 5 nitrogen and oxygen atoms in total. The van der Waals surface area contributed by atoms with E-state index >= 15 is 0 Å². The molecule has 1 amide bonds. The number of hydrogen-bond acceptors (Lipinski definition) is 3. The zero-order chi connectivity index (χ0) is 20.4. The van der Waals surface area contributed by atoms with Gasteiger partial charge in [0.15, 0.2) is 0 Å². The first kappa shape index (κ1) is 18.6. The predicted molar refractivity (Wildman–Crippen MR) is 111 cm³/mol. The molecule has 0 saturated carbocycles. The molecule has 1 heterocycles. The van der Waals surface area contributed by atoms with Gasteiger partial charge in [-0.2, -0.15) is 0 Å². The van der Waals surface area contributed by atoms with Gasteiger partial charge in [-0.15, -0.1) is 0 Å². The fraction of sp³-hybridized carbons (Fsp3) is 0.0870. The maximum absolute atomic E-state index is 14.5. The van der Waals surface area contributed by atoms with E-state index in [1.54, 1.807) is 54.6 Å². The molecular weight excluding hydrogens is 369 g/mol. The average molecular weight is 387 g/mol. The summed E-state index contributed by atoms with van der Waals surface area (Å²) in [4.78, 5) is 30.2. The number of fused-ring (bicyclic) bond motifs is 1. The van der Waals surface area contributed by atoms with Crippen molar-refractivity contribution < 1.29 is 9.18 Å². The van der Waals surface area contributed by atoms with Crippen LogP contribution in [-0.4, -0.2) is 15.5 Å². The molecule has 1 N–H and O–H groups in total. The molecule has 0 unspecified atom stereocenters. The van der Waals surface area contributed by atoms with Crippen LogP contribution in [0.1, 0.15) is 5.56 Å². The molecule has 4 aromatic rings. The third-order valence-corrected chi connectivity index (χ3v) is 4.61. The van der Waals surface area contributed by atoms with E-state index in [4.69, 9.17) is 0 Å². The molecule has 29 heavy (non-hydrogen) atoms. The van der Waals surface area contributed by atoms with Crippen molar-refractivity contribution in [2.24, 2.45) is 0 Å². The van der Waals surface area contributed by atoms with Crippen LogP contribution in [0.2, 0.25) is 0 Å². The maximum Gasteiger partial charge on any atom is 0.262 e. The Balaban J connectivity index is 1.79. The van der Waals surface area contributed by atoms with Crippen molar-refractivity contribution >= 4 is 22.5 Å². The number of para-hydroxylation sites is 1. The quantitative estimate of drug-likeness (QED) is 0.572. The van der Waals surface area contributed by atoms with Gasteiger partial charge in [-0.1, -0.05) is 42.0 Å². The number of carbonyl (C=O) groups excluding carboxylic acids is 1. The molecule has 0 bridgehead atoms. The van der Waals surface area contributed by atoms with Crippen molar-refractivity contribution in [1.29, 1.82) is 0 Å². The fourth-order valence-electron chi connectivity index (χ4n) is 3.14. The van der Waals surface area contributed by atoms with E-state index in [1.165, 1.54) is 10.6 Å². The van der Waals surface area contributed by atoms with Crippen LogP contribution in [0.4, 0.5) is 10.1 Å². The van der Waals surface area contributed by atoms with E-state index in [1.807, 2.05) is 19.1 Å². The Labute approximate surface area is 166 Å². The topological polar surface area (TPSA) is 64.0 Å². The summed E-state index contributed by atoms with van der Waals surface area (Å²) in [7, 11) is 0. The molecule has 0 saturated heterocycles. The standard InChI is InChI=1S/C23H18FN3O2/c1-15-10-12-16(13-11-15)25-21(28)14-27-22(17-6-2-4-8-19(17)24)26-20-9-5-3-7-18(20)23(27)29/h2-13H,14H2,1H3,(H,25,28). The molecule has 4 rings (SSSR count). The van der Waals surface area contributed by atoms with Crippen molar-refractivity contribution in [2.75, 3.05) is 5.32 Å². The Morgan fingerprint density at radius 3 is 2.45 bits per heavy atom. The summed E-state index contributed by atoms with van der Waals surface area (Å²) >= 11 is 0. The molecule has 0 aliphatic carbocycles. The molecule has 0 radical (unpaired) electrons. The Hall–Kier alpha value is -3.80. The number of halogens is 1. The lowest BCUT2D eigenvalue weighted by atomic mass is 10.1. The van der Waals surface area contributed by atoms with E-state index in [9.17, 15) is 14.0 Å². The number of benzene rings is 3. The second-order valence-electron chi connectivity index (χ2n) is 6.74. The van der Waals surface area contributed by atoms with Gasteiger partial charge in [-0.05, 0) is 43.3 Å². The summed E-state index contributed by atoms with van der Waals surface area (Å²) < 4.78 is 15.7. The molecule has 1 aromatic heterocycles. The third kappa shape index (κ3) is 3.78. The summed E-state index contributed by atoms with van der Waals surface area (Å²) in [5.74, 6) is -0.793. The first-order valence-electron chi connectivity index (χ1n) is 9.14. The van der Waals surface area contributed by atoms with E-state index in [-0.39, 0.29) is 17.9 Å². The highest BCUT2D eigenvalue weighted by atomic mass is 19.1. The Bertz CT molecular complexity index is 1260. The van der Waals surface area contributed by atoms with Gasteiger partial charge in [0.2, 0.25) is 5.91 Å². The minimum Gasteiger partial charge on any atom is -0.325 e. The molecule has 0 aliphatic heterocycles. The highest BCUT2D eigenvalue weighted by Crippen LogP contribution is 2.22. The Morgan fingerprint density at radius 2 is 1.69 bits per heavy atom. The summed E-state index contributed by atoms with van der Waals surface area (Å²) in [6.45, 7) is 1.67. The number of nitrogens with zero attached hydrogens (tertiary/aromatic N) is 2. The van der Waals surface area contributed by atoms with Crippen molar-refractivity contribution in [1.82, 2.24) is 9.55 Å². The fourth-order valence-corrected chi connectivity index (χ4v) is 3.14. The minimum absolute atomic E-state index is 0.117. The van der Waals surface area contributed by atoms with Crippen molar-refractivity contribution in [3.8, 4) is 11.4 Å². The molecule has 0 fully saturated rings. The van der Waals surface area contributed by atoms with Crippen LogP contribution in [-0.2, 0) is 11.3 Å². The first-order chi connectivity index (χ1) is 14.0. The van der Waals surface area contributed by atoms with E-state index in [0.29, 0.717) is 16.6 Å². The van der Waals surface area contributed by atoms with Gasteiger partial charge in [-0.25, -0.2) is 9.37 Å². The molecule has 0 spiro atoms. The number of aromatic nitrogens is 2. The number of amides is 1. The highest BCUT2D eigenvalue weighted by Gasteiger charge is 2.17. The molecule has 6 heteroatoms. The Kier molecular flexibility index (Phi) is 4.91. The summed E-state index contributed by atoms with van der Waals surface area (Å²) in [6, 6.07) is 20.2. The van der Waals surface area contributed by atoms with Crippen LogP contribution in [0.25, 0.3) is 22.3 Å².